The lowest BCUT2D eigenvalue weighted by molar-refractivity contribution is -0.116. The Bertz CT molecular complexity index is 289. The molecular weight excluding hydrogens is 210 g/mol. The fourth-order valence-corrected chi connectivity index (χ4v) is 3.21. The van der Waals surface area contributed by atoms with Gasteiger partial charge in [-0.1, -0.05) is 18.1 Å². The minimum absolute atomic E-state index is 0.313. The molecule has 2 heteroatoms. The molecule has 0 saturated carbocycles. The Morgan fingerprint density at radius 1 is 1.29 bits per heavy atom. The summed E-state index contributed by atoms with van der Waals surface area (Å²) in [5.41, 5.74) is 1.39. The second kappa shape index (κ2) is 6.34. The Balaban J connectivity index is 1.83. The van der Waals surface area contributed by atoms with Gasteiger partial charge in [0.15, 0.2) is 0 Å². The van der Waals surface area contributed by atoms with Crippen molar-refractivity contribution in [2.45, 2.75) is 64.3 Å². The molecule has 17 heavy (non-hydrogen) atoms. The number of ketones is 1. The molecule has 1 saturated heterocycles. The standard InChI is InChI=1S/C15H25NO/c1-13(17)12-14-6-5-7-15(9-8-14)16-10-3-2-4-11-16/h6,15H,2-5,7-12H2,1H3. The summed E-state index contributed by atoms with van der Waals surface area (Å²) in [4.78, 5) is 13.8. The summed E-state index contributed by atoms with van der Waals surface area (Å²) >= 11 is 0. The van der Waals surface area contributed by atoms with Crippen LogP contribution in [0.5, 0.6) is 0 Å². The highest BCUT2D eigenvalue weighted by molar-refractivity contribution is 5.78. The minimum atomic E-state index is 0.313. The monoisotopic (exact) mass is 235 g/mol. The van der Waals surface area contributed by atoms with E-state index in [2.05, 4.69) is 11.0 Å². The van der Waals surface area contributed by atoms with Crippen LogP contribution >= 0.6 is 0 Å². The smallest absolute Gasteiger partial charge is 0.133 e. The quantitative estimate of drug-likeness (QED) is 0.699. The van der Waals surface area contributed by atoms with Crippen molar-refractivity contribution in [3.05, 3.63) is 11.6 Å². The first-order valence-electron chi connectivity index (χ1n) is 7.17. The second-order valence-electron chi connectivity index (χ2n) is 5.61. The molecule has 1 heterocycles. The van der Waals surface area contributed by atoms with E-state index >= 15 is 0 Å². The van der Waals surface area contributed by atoms with Crippen LogP contribution in [-0.2, 0) is 4.79 Å². The third-order valence-corrected chi connectivity index (χ3v) is 4.11. The molecule has 1 aliphatic heterocycles. The lowest BCUT2D eigenvalue weighted by atomic mass is 10.0. The van der Waals surface area contributed by atoms with E-state index in [9.17, 15) is 4.79 Å². The molecule has 0 radical (unpaired) electrons. The van der Waals surface area contributed by atoms with Gasteiger partial charge in [-0.3, -0.25) is 4.79 Å². The second-order valence-corrected chi connectivity index (χ2v) is 5.61. The van der Waals surface area contributed by atoms with E-state index < -0.39 is 0 Å². The van der Waals surface area contributed by atoms with Crippen LogP contribution in [0.15, 0.2) is 11.6 Å². The molecule has 2 rings (SSSR count). The van der Waals surface area contributed by atoms with Crippen molar-refractivity contribution in [2.24, 2.45) is 0 Å². The minimum Gasteiger partial charge on any atom is -0.300 e. The van der Waals surface area contributed by atoms with Gasteiger partial charge in [0.25, 0.3) is 0 Å². The number of allylic oxidation sites excluding steroid dienone is 2. The normalized spacial score (nSPS) is 27.4. The predicted octanol–water partition coefficient (Wildman–Crippen LogP) is 3.32. The average molecular weight is 235 g/mol. The molecule has 0 aromatic carbocycles. The van der Waals surface area contributed by atoms with Crippen molar-refractivity contribution >= 4 is 5.78 Å². The van der Waals surface area contributed by atoms with Crippen molar-refractivity contribution in [1.29, 1.82) is 0 Å². The van der Waals surface area contributed by atoms with Crippen LogP contribution in [0.3, 0.4) is 0 Å². The van der Waals surface area contributed by atoms with Crippen LogP contribution in [0.1, 0.15) is 58.3 Å². The molecule has 1 unspecified atom stereocenters. The number of hydrogen-bond donors (Lipinski definition) is 0. The predicted molar refractivity (Wildman–Crippen MR) is 71.1 cm³/mol. The number of carbonyl (C=O) groups is 1. The maximum absolute atomic E-state index is 11.2. The summed E-state index contributed by atoms with van der Waals surface area (Å²) in [7, 11) is 0. The highest BCUT2D eigenvalue weighted by atomic mass is 16.1. The SMILES string of the molecule is CC(=O)CC1=CCCC(N2CCCCC2)CC1. The average Bonchev–Trinajstić information content (AvgIpc) is 2.55. The van der Waals surface area contributed by atoms with Gasteiger partial charge in [-0.15, -0.1) is 0 Å². The van der Waals surface area contributed by atoms with Crippen molar-refractivity contribution in [3.63, 3.8) is 0 Å². The molecule has 96 valence electrons. The fraction of sp³-hybridized carbons (Fsp3) is 0.800. The number of nitrogens with zero attached hydrogens (tertiary/aromatic N) is 1. The van der Waals surface area contributed by atoms with Crippen molar-refractivity contribution in [2.75, 3.05) is 13.1 Å². The first-order chi connectivity index (χ1) is 8.25. The van der Waals surface area contributed by atoms with Gasteiger partial charge in [0.1, 0.15) is 5.78 Å². The zero-order valence-electron chi connectivity index (χ0n) is 11.1. The molecule has 0 spiro atoms. The van der Waals surface area contributed by atoms with E-state index in [1.807, 2.05) is 0 Å². The highest BCUT2D eigenvalue weighted by Crippen LogP contribution is 2.25. The Labute approximate surface area is 105 Å². The molecule has 0 N–H and O–H groups in total. The zero-order chi connectivity index (χ0) is 12.1. The van der Waals surface area contributed by atoms with E-state index in [4.69, 9.17) is 0 Å². The molecule has 0 aromatic rings. The number of carbonyl (C=O) groups excluding carboxylic acids is 1. The van der Waals surface area contributed by atoms with Crippen molar-refractivity contribution in [3.8, 4) is 0 Å². The van der Waals surface area contributed by atoms with Crippen LogP contribution in [0, 0.1) is 0 Å². The lowest BCUT2D eigenvalue weighted by Gasteiger charge is -2.34. The maximum atomic E-state index is 11.2. The van der Waals surface area contributed by atoms with Gasteiger partial charge in [0.2, 0.25) is 0 Å². The van der Waals surface area contributed by atoms with E-state index in [-0.39, 0.29) is 0 Å². The number of Topliss-reactive ketones (excluding diaryl/α,β-unsaturated/α-hetero) is 1. The molecule has 2 aliphatic rings. The molecule has 2 nitrogen and oxygen atoms in total. The molecule has 1 atom stereocenters. The van der Waals surface area contributed by atoms with E-state index in [0.29, 0.717) is 12.2 Å². The van der Waals surface area contributed by atoms with Crippen LogP contribution in [0.4, 0.5) is 0 Å². The number of likely N-dealkylation sites (tertiary alicyclic amines) is 1. The number of hydrogen-bond acceptors (Lipinski definition) is 2. The van der Waals surface area contributed by atoms with Gasteiger partial charge in [-0.25, -0.2) is 0 Å². The van der Waals surface area contributed by atoms with Crippen LogP contribution < -0.4 is 0 Å². The third kappa shape index (κ3) is 3.95. The van der Waals surface area contributed by atoms with Gasteiger partial charge in [-0.05, 0) is 58.5 Å². The van der Waals surface area contributed by atoms with E-state index in [0.717, 1.165) is 12.5 Å². The van der Waals surface area contributed by atoms with Crippen molar-refractivity contribution < 1.29 is 4.79 Å². The highest BCUT2D eigenvalue weighted by Gasteiger charge is 2.21. The topological polar surface area (TPSA) is 20.3 Å². The Morgan fingerprint density at radius 2 is 2.06 bits per heavy atom. The first kappa shape index (κ1) is 12.8. The molecule has 0 aromatic heterocycles. The first-order valence-corrected chi connectivity index (χ1v) is 7.17. The van der Waals surface area contributed by atoms with Crippen LogP contribution in [0.2, 0.25) is 0 Å². The van der Waals surface area contributed by atoms with Gasteiger partial charge in [0.05, 0.1) is 0 Å². The molecule has 1 fully saturated rings. The summed E-state index contributed by atoms with van der Waals surface area (Å²) in [6.45, 7) is 4.30. The molecule has 1 aliphatic carbocycles. The van der Waals surface area contributed by atoms with Crippen molar-refractivity contribution in [1.82, 2.24) is 4.90 Å². The van der Waals surface area contributed by atoms with Gasteiger partial charge < -0.3 is 4.90 Å². The summed E-state index contributed by atoms with van der Waals surface area (Å²) in [5, 5.41) is 0. The Hall–Kier alpha value is -0.630. The number of rotatable bonds is 3. The van der Waals surface area contributed by atoms with Gasteiger partial charge in [0, 0.05) is 12.5 Å². The lowest BCUT2D eigenvalue weighted by Crippen LogP contribution is -2.38. The Kier molecular flexibility index (Phi) is 4.78. The zero-order valence-corrected chi connectivity index (χ0v) is 11.1. The largest absolute Gasteiger partial charge is 0.300 e. The fourth-order valence-electron chi connectivity index (χ4n) is 3.21. The summed E-state index contributed by atoms with van der Waals surface area (Å²) in [5.74, 6) is 0.313. The molecular formula is C15H25NO. The van der Waals surface area contributed by atoms with E-state index in [1.54, 1.807) is 6.92 Å². The maximum Gasteiger partial charge on any atom is 0.133 e. The molecule has 0 bridgehead atoms. The van der Waals surface area contributed by atoms with Gasteiger partial charge >= 0.3 is 0 Å². The van der Waals surface area contributed by atoms with E-state index in [1.165, 1.54) is 57.2 Å². The van der Waals surface area contributed by atoms with Crippen LogP contribution in [0.25, 0.3) is 0 Å². The summed E-state index contributed by atoms with van der Waals surface area (Å²) in [6, 6.07) is 0.774. The summed E-state index contributed by atoms with van der Waals surface area (Å²) < 4.78 is 0. The molecule has 0 amide bonds. The number of piperidine rings is 1. The summed E-state index contributed by atoms with van der Waals surface area (Å²) in [6.07, 6.45) is 12.1. The Morgan fingerprint density at radius 3 is 2.76 bits per heavy atom. The third-order valence-electron chi connectivity index (χ3n) is 4.11. The van der Waals surface area contributed by atoms with Gasteiger partial charge in [-0.2, -0.15) is 0 Å². The van der Waals surface area contributed by atoms with Crippen LogP contribution in [-0.4, -0.2) is 29.8 Å².